The zero-order chi connectivity index (χ0) is 27.7. The molecule has 0 aliphatic heterocycles. The third kappa shape index (κ3) is 18.1. The minimum atomic E-state index is -0.401. The number of non-ortho nitro benzene ring substituents is 1. The van der Waals surface area contributed by atoms with Crippen molar-refractivity contribution in [3.8, 4) is 0 Å². The zero-order valence-electron chi connectivity index (χ0n) is 24.6. The second kappa shape index (κ2) is 23.9. The molecule has 1 aromatic carbocycles. The van der Waals surface area contributed by atoms with Crippen LogP contribution in [0.2, 0.25) is 0 Å². The summed E-state index contributed by atoms with van der Waals surface area (Å²) < 4.78 is 0. The number of unbranched alkanes of at least 4 members (excludes halogenated alkanes) is 18. The summed E-state index contributed by atoms with van der Waals surface area (Å²) in [4.78, 5) is 25.7. The SMILES string of the molecule is CCCCCCCCCCCCN(CCCCCCCCCCCC)C(=O)/C=C/c1cccc([N+](=O)[O-])c1. The lowest BCUT2D eigenvalue weighted by atomic mass is 10.1. The van der Waals surface area contributed by atoms with Crippen LogP contribution in [0.15, 0.2) is 30.3 Å². The second-order valence-electron chi connectivity index (χ2n) is 10.9. The summed E-state index contributed by atoms with van der Waals surface area (Å²) in [6.07, 6.45) is 29.0. The van der Waals surface area contributed by atoms with E-state index in [1.54, 1.807) is 24.3 Å². The molecule has 0 aliphatic carbocycles. The van der Waals surface area contributed by atoms with E-state index in [9.17, 15) is 14.9 Å². The number of nitro groups is 1. The fourth-order valence-electron chi connectivity index (χ4n) is 4.93. The van der Waals surface area contributed by atoms with Crippen LogP contribution in [-0.2, 0) is 4.79 Å². The average Bonchev–Trinajstić information content (AvgIpc) is 2.92. The minimum Gasteiger partial charge on any atom is -0.339 e. The number of carbonyl (C=O) groups excluding carboxylic acids is 1. The van der Waals surface area contributed by atoms with Crippen molar-refractivity contribution in [2.24, 2.45) is 0 Å². The molecule has 5 heteroatoms. The van der Waals surface area contributed by atoms with E-state index in [-0.39, 0.29) is 11.6 Å². The predicted molar refractivity (Wildman–Crippen MR) is 162 cm³/mol. The summed E-state index contributed by atoms with van der Waals surface area (Å²) in [5.74, 6) is 0.0170. The summed E-state index contributed by atoms with van der Waals surface area (Å²) >= 11 is 0. The van der Waals surface area contributed by atoms with Crippen molar-refractivity contribution in [3.05, 3.63) is 46.0 Å². The number of amides is 1. The van der Waals surface area contributed by atoms with Gasteiger partial charge >= 0.3 is 0 Å². The Kier molecular flexibility index (Phi) is 21.3. The number of nitrogens with zero attached hydrogens (tertiary/aromatic N) is 2. The van der Waals surface area contributed by atoms with Gasteiger partial charge in [0, 0.05) is 31.3 Å². The third-order valence-electron chi connectivity index (χ3n) is 7.37. The normalized spacial score (nSPS) is 11.3. The molecular weight excluding hydrogens is 472 g/mol. The van der Waals surface area contributed by atoms with Crippen LogP contribution >= 0.6 is 0 Å². The van der Waals surface area contributed by atoms with Crippen LogP contribution < -0.4 is 0 Å². The lowest BCUT2D eigenvalue weighted by Gasteiger charge is -2.21. The quantitative estimate of drug-likeness (QED) is 0.0548. The van der Waals surface area contributed by atoms with Gasteiger partial charge in [0.2, 0.25) is 5.91 Å². The molecule has 0 unspecified atom stereocenters. The van der Waals surface area contributed by atoms with E-state index in [1.165, 1.54) is 128 Å². The van der Waals surface area contributed by atoms with Gasteiger partial charge in [0.05, 0.1) is 4.92 Å². The average molecular weight is 529 g/mol. The molecule has 0 radical (unpaired) electrons. The number of nitro benzene ring substituents is 1. The van der Waals surface area contributed by atoms with E-state index in [1.807, 2.05) is 4.90 Å². The van der Waals surface area contributed by atoms with Crippen molar-refractivity contribution < 1.29 is 9.72 Å². The van der Waals surface area contributed by atoms with Gasteiger partial charge in [0.1, 0.15) is 0 Å². The van der Waals surface area contributed by atoms with Gasteiger partial charge in [-0.15, -0.1) is 0 Å². The molecule has 5 nitrogen and oxygen atoms in total. The van der Waals surface area contributed by atoms with Crippen molar-refractivity contribution in [1.29, 1.82) is 0 Å². The van der Waals surface area contributed by atoms with E-state index in [0.717, 1.165) is 25.9 Å². The minimum absolute atomic E-state index is 0.0170. The fraction of sp³-hybridized carbons (Fsp3) is 0.727. The number of hydrogen-bond acceptors (Lipinski definition) is 3. The van der Waals surface area contributed by atoms with Gasteiger partial charge in [0.15, 0.2) is 0 Å². The molecule has 0 heterocycles. The molecule has 0 saturated heterocycles. The standard InChI is InChI=1S/C33H56N2O3/c1-3-5-7-9-11-13-15-17-19-21-28-34(29-22-20-18-16-14-12-10-8-6-4-2)33(36)27-26-31-24-23-25-32(30-31)35(37)38/h23-27,30H,3-22,28-29H2,1-2H3/b27-26+. The first-order chi connectivity index (χ1) is 18.6. The molecule has 1 rings (SSSR count). The van der Waals surface area contributed by atoms with Crippen molar-refractivity contribution >= 4 is 17.7 Å². The Hall–Kier alpha value is -2.17. The Morgan fingerprint density at radius 1 is 0.711 bits per heavy atom. The lowest BCUT2D eigenvalue weighted by molar-refractivity contribution is -0.384. The fourth-order valence-corrected chi connectivity index (χ4v) is 4.93. The first kappa shape index (κ1) is 33.9. The first-order valence-corrected chi connectivity index (χ1v) is 15.8. The van der Waals surface area contributed by atoms with E-state index < -0.39 is 4.92 Å². The summed E-state index contributed by atoms with van der Waals surface area (Å²) in [5, 5.41) is 11.0. The van der Waals surface area contributed by atoms with Crippen molar-refractivity contribution in [1.82, 2.24) is 4.90 Å². The summed E-state index contributed by atoms with van der Waals surface area (Å²) in [6, 6.07) is 6.44. The topological polar surface area (TPSA) is 63.5 Å². The number of hydrogen-bond donors (Lipinski definition) is 0. The summed E-state index contributed by atoms with van der Waals surface area (Å²) in [6.45, 7) is 6.11. The Bertz CT molecular complexity index is 738. The van der Waals surface area contributed by atoms with Crippen molar-refractivity contribution in [2.75, 3.05) is 13.1 Å². The van der Waals surface area contributed by atoms with E-state index in [2.05, 4.69) is 13.8 Å². The molecule has 216 valence electrons. The highest BCUT2D eigenvalue weighted by Gasteiger charge is 2.11. The van der Waals surface area contributed by atoms with E-state index in [0.29, 0.717) is 5.56 Å². The van der Waals surface area contributed by atoms with Crippen molar-refractivity contribution in [2.45, 2.75) is 142 Å². The van der Waals surface area contributed by atoms with E-state index >= 15 is 0 Å². The number of benzene rings is 1. The maximum atomic E-state index is 13.0. The largest absolute Gasteiger partial charge is 0.339 e. The van der Waals surface area contributed by atoms with Gasteiger partial charge in [-0.25, -0.2) is 0 Å². The summed E-state index contributed by atoms with van der Waals surface area (Å²) in [5.41, 5.74) is 0.734. The smallest absolute Gasteiger partial charge is 0.270 e. The Balaban J connectivity index is 2.42. The molecule has 38 heavy (non-hydrogen) atoms. The Morgan fingerprint density at radius 2 is 1.13 bits per heavy atom. The monoisotopic (exact) mass is 528 g/mol. The van der Waals surface area contributed by atoms with Crippen LogP contribution in [0.1, 0.15) is 148 Å². The third-order valence-corrected chi connectivity index (χ3v) is 7.37. The highest BCUT2D eigenvalue weighted by atomic mass is 16.6. The molecular formula is C33H56N2O3. The van der Waals surface area contributed by atoms with Crippen LogP contribution in [0.4, 0.5) is 5.69 Å². The van der Waals surface area contributed by atoms with Gasteiger partial charge in [0.25, 0.3) is 5.69 Å². The molecule has 0 aliphatic rings. The zero-order valence-corrected chi connectivity index (χ0v) is 24.6. The highest BCUT2D eigenvalue weighted by molar-refractivity contribution is 5.91. The molecule has 1 aromatic rings. The lowest BCUT2D eigenvalue weighted by Crippen LogP contribution is -2.31. The Labute approximate surface area is 233 Å². The molecule has 0 atom stereocenters. The maximum Gasteiger partial charge on any atom is 0.270 e. The molecule has 0 N–H and O–H groups in total. The van der Waals surface area contributed by atoms with E-state index in [4.69, 9.17) is 0 Å². The molecule has 0 saturated carbocycles. The van der Waals surface area contributed by atoms with Crippen molar-refractivity contribution in [3.63, 3.8) is 0 Å². The highest BCUT2D eigenvalue weighted by Crippen LogP contribution is 2.16. The van der Waals surface area contributed by atoms with Gasteiger partial charge in [-0.05, 0) is 24.5 Å². The second-order valence-corrected chi connectivity index (χ2v) is 10.9. The molecule has 0 aromatic heterocycles. The van der Waals surface area contributed by atoms with Crippen LogP contribution in [-0.4, -0.2) is 28.8 Å². The molecule has 0 spiro atoms. The first-order valence-electron chi connectivity index (χ1n) is 15.8. The number of rotatable bonds is 25. The molecule has 0 fully saturated rings. The predicted octanol–water partition coefficient (Wildman–Crippen LogP) is 10.3. The van der Waals surface area contributed by atoms with Crippen LogP contribution in [0, 0.1) is 10.1 Å². The number of carbonyl (C=O) groups is 1. The van der Waals surface area contributed by atoms with Gasteiger partial charge in [-0.2, -0.15) is 0 Å². The van der Waals surface area contributed by atoms with Crippen LogP contribution in [0.5, 0.6) is 0 Å². The molecule has 1 amide bonds. The summed E-state index contributed by atoms with van der Waals surface area (Å²) in [7, 11) is 0. The Morgan fingerprint density at radius 3 is 1.55 bits per heavy atom. The van der Waals surface area contributed by atoms with Gasteiger partial charge in [-0.1, -0.05) is 142 Å². The molecule has 0 bridgehead atoms. The van der Waals surface area contributed by atoms with Crippen LogP contribution in [0.25, 0.3) is 6.08 Å². The maximum absolute atomic E-state index is 13.0. The van der Waals surface area contributed by atoms with Gasteiger partial charge < -0.3 is 4.90 Å². The van der Waals surface area contributed by atoms with Crippen LogP contribution in [0.3, 0.4) is 0 Å². The van der Waals surface area contributed by atoms with Gasteiger partial charge in [-0.3, -0.25) is 14.9 Å².